The summed E-state index contributed by atoms with van der Waals surface area (Å²) < 4.78 is 1.07. The molecule has 0 unspecified atom stereocenters. The number of nitrogens with zero attached hydrogens (tertiary/aromatic N) is 2. The minimum atomic E-state index is 0.534. The van der Waals surface area contributed by atoms with Crippen LogP contribution in [0.5, 0.6) is 0 Å². The minimum absolute atomic E-state index is 0.534. The monoisotopic (exact) mass is 306 g/mol. The van der Waals surface area contributed by atoms with E-state index in [1.165, 1.54) is 4.88 Å². The molecule has 0 fully saturated rings. The topological polar surface area (TPSA) is 36.7 Å². The van der Waals surface area contributed by atoms with Crippen molar-refractivity contribution in [1.82, 2.24) is 4.98 Å². The predicted octanol–water partition coefficient (Wildman–Crippen LogP) is 4.34. The molecule has 0 saturated carbocycles. The first-order valence-corrected chi connectivity index (χ1v) is 6.91. The summed E-state index contributed by atoms with van der Waals surface area (Å²) in [6, 6.07) is 10.3. The third kappa shape index (κ3) is 2.93. The first-order valence-electron chi connectivity index (χ1n) is 5.30. The van der Waals surface area contributed by atoms with Crippen molar-refractivity contribution in [2.45, 2.75) is 19.8 Å². The Morgan fingerprint density at radius 3 is 2.71 bits per heavy atom. The molecule has 0 radical (unpaired) electrons. The molecular formula is C13H11BrN2S. The molecule has 0 aliphatic heterocycles. The Hall–Kier alpha value is -1.18. The van der Waals surface area contributed by atoms with E-state index >= 15 is 0 Å². The van der Waals surface area contributed by atoms with Gasteiger partial charge in [-0.1, -0.05) is 28.1 Å². The Bertz CT molecular complexity index is 552. The van der Waals surface area contributed by atoms with Gasteiger partial charge in [0, 0.05) is 27.8 Å². The average Bonchev–Trinajstić information content (AvgIpc) is 2.69. The minimum Gasteiger partial charge on any atom is -0.241 e. The van der Waals surface area contributed by atoms with E-state index in [0.717, 1.165) is 27.2 Å². The van der Waals surface area contributed by atoms with E-state index < -0.39 is 0 Å². The molecule has 4 heteroatoms. The molecule has 0 N–H and O–H groups in total. The maximum atomic E-state index is 8.57. The maximum absolute atomic E-state index is 8.57. The van der Waals surface area contributed by atoms with Gasteiger partial charge in [0.15, 0.2) is 0 Å². The number of aromatic nitrogens is 1. The van der Waals surface area contributed by atoms with Crippen LogP contribution in [0, 0.1) is 18.3 Å². The Labute approximate surface area is 113 Å². The van der Waals surface area contributed by atoms with Crippen molar-refractivity contribution in [3.05, 3.63) is 38.6 Å². The van der Waals surface area contributed by atoms with Crippen molar-refractivity contribution >= 4 is 27.3 Å². The van der Waals surface area contributed by atoms with Crippen molar-refractivity contribution in [3.8, 4) is 17.3 Å². The Kier molecular flexibility index (Phi) is 3.93. The highest BCUT2D eigenvalue weighted by Gasteiger charge is 2.09. The van der Waals surface area contributed by atoms with E-state index in [1.807, 2.05) is 12.1 Å². The van der Waals surface area contributed by atoms with Gasteiger partial charge in [0.1, 0.15) is 0 Å². The van der Waals surface area contributed by atoms with Crippen molar-refractivity contribution in [2.75, 3.05) is 0 Å². The lowest BCUT2D eigenvalue weighted by atomic mass is 10.1. The van der Waals surface area contributed by atoms with Gasteiger partial charge in [-0.05, 0) is 19.1 Å². The van der Waals surface area contributed by atoms with Gasteiger partial charge in [-0.3, -0.25) is 0 Å². The molecule has 0 saturated heterocycles. The van der Waals surface area contributed by atoms with Crippen molar-refractivity contribution in [2.24, 2.45) is 0 Å². The van der Waals surface area contributed by atoms with E-state index in [4.69, 9.17) is 5.26 Å². The molecule has 0 aliphatic rings. The second-order valence-electron chi connectivity index (χ2n) is 3.68. The fraction of sp³-hybridized carbons (Fsp3) is 0.231. The lowest BCUT2D eigenvalue weighted by Gasteiger charge is -1.98. The zero-order valence-corrected chi connectivity index (χ0v) is 11.8. The summed E-state index contributed by atoms with van der Waals surface area (Å²) in [5.74, 6) is 0. The van der Waals surface area contributed by atoms with Crippen LogP contribution in [0.2, 0.25) is 0 Å². The van der Waals surface area contributed by atoms with Crippen LogP contribution in [-0.2, 0) is 6.42 Å². The van der Waals surface area contributed by atoms with Crippen LogP contribution in [0.25, 0.3) is 11.3 Å². The smallest absolute Gasteiger partial charge is 0.0945 e. The molecule has 1 heterocycles. The molecule has 86 valence electrons. The summed E-state index contributed by atoms with van der Waals surface area (Å²) in [6.45, 7) is 2.07. The van der Waals surface area contributed by atoms with Crippen molar-refractivity contribution in [3.63, 3.8) is 0 Å². The van der Waals surface area contributed by atoms with Gasteiger partial charge in [0.2, 0.25) is 0 Å². The molecule has 0 amide bonds. The van der Waals surface area contributed by atoms with Gasteiger partial charge >= 0.3 is 0 Å². The summed E-state index contributed by atoms with van der Waals surface area (Å²) >= 11 is 5.10. The van der Waals surface area contributed by atoms with E-state index in [9.17, 15) is 0 Å². The van der Waals surface area contributed by atoms with Gasteiger partial charge in [-0.25, -0.2) is 4.98 Å². The molecule has 1 aromatic carbocycles. The molecule has 2 nitrogen and oxygen atoms in total. The number of hydrogen-bond acceptors (Lipinski definition) is 3. The number of aryl methyl sites for hydroxylation is 2. The molecular weight excluding hydrogens is 296 g/mol. The van der Waals surface area contributed by atoms with Crippen LogP contribution in [0.3, 0.4) is 0 Å². The zero-order valence-electron chi connectivity index (χ0n) is 9.40. The third-order valence-electron chi connectivity index (χ3n) is 2.41. The molecule has 17 heavy (non-hydrogen) atoms. The third-order valence-corrected chi connectivity index (χ3v) is 3.97. The molecule has 0 spiro atoms. The highest BCUT2D eigenvalue weighted by atomic mass is 79.9. The largest absolute Gasteiger partial charge is 0.241 e. The van der Waals surface area contributed by atoms with Crippen LogP contribution in [0.1, 0.15) is 16.3 Å². The lowest BCUT2D eigenvalue weighted by Crippen LogP contribution is -1.84. The predicted molar refractivity (Wildman–Crippen MR) is 73.9 cm³/mol. The number of halogens is 1. The van der Waals surface area contributed by atoms with Crippen LogP contribution in [0.4, 0.5) is 0 Å². The highest BCUT2D eigenvalue weighted by Crippen LogP contribution is 2.28. The summed E-state index contributed by atoms with van der Waals surface area (Å²) in [6.07, 6.45) is 1.28. The normalized spacial score (nSPS) is 10.2. The molecule has 0 atom stereocenters. The van der Waals surface area contributed by atoms with Gasteiger partial charge < -0.3 is 0 Å². The summed E-state index contributed by atoms with van der Waals surface area (Å²) in [4.78, 5) is 5.81. The van der Waals surface area contributed by atoms with Crippen LogP contribution < -0.4 is 0 Å². The Morgan fingerprint density at radius 2 is 2.06 bits per heavy atom. The second kappa shape index (κ2) is 5.44. The van der Waals surface area contributed by atoms with Gasteiger partial charge in [-0.2, -0.15) is 5.26 Å². The van der Waals surface area contributed by atoms with Crippen LogP contribution in [-0.4, -0.2) is 4.98 Å². The van der Waals surface area contributed by atoms with E-state index in [0.29, 0.717) is 6.42 Å². The standard InChI is InChI=1S/C13H11BrN2S/c1-9-13(10-4-6-11(14)7-5-10)16-12(17-9)3-2-8-15/h4-7H,2-3H2,1H3. The number of benzene rings is 1. The Morgan fingerprint density at radius 1 is 1.35 bits per heavy atom. The highest BCUT2D eigenvalue weighted by molar-refractivity contribution is 9.10. The van der Waals surface area contributed by atoms with Crippen LogP contribution in [0.15, 0.2) is 28.7 Å². The van der Waals surface area contributed by atoms with Gasteiger partial charge in [-0.15, -0.1) is 11.3 Å². The molecule has 0 aliphatic carbocycles. The Balaban J connectivity index is 2.30. The first kappa shape index (κ1) is 12.3. The average molecular weight is 307 g/mol. The second-order valence-corrected chi connectivity index (χ2v) is 5.88. The fourth-order valence-electron chi connectivity index (χ4n) is 1.60. The first-order chi connectivity index (χ1) is 8.20. The maximum Gasteiger partial charge on any atom is 0.0945 e. The van der Waals surface area contributed by atoms with Crippen molar-refractivity contribution in [1.29, 1.82) is 5.26 Å². The number of rotatable bonds is 3. The summed E-state index contributed by atoms with van der Waals surface area (Å²) in [5.41, 5.74) is 2.17. The van der Waals surface area contributed by atoms with Gasteiger partial charge in [0.05, 0.1) is 16.8 Å². The van der Waals surface area contributed by atoms with Crippen LogP contribution >= 0.6 is 27.3 Å². The molecule has 1 aromatic heterocycles. The fourth-order valence-corrected chi connectivity index (χ4v) is 2.82. The van der Waals surface area contributed by atoms with E-state index in [2.05, 4.69) is 46.0 Å². The number of nitriles is 1. The van der Waals surface area contributed by atoms with Gasteiger partial charge in [0.25, 0.3) is 0 Å². The zero-order chi connectivity index (χ0) is 12.3. The lowest BCUT2D eigenvalue weighted by molar-refractivity contribution is 0.990. The molecule has 2 aromatic rings. The molecule has 2 rings (SSSR count). The number of thiazole rings is 1. The summed E-state index contributed by atoms with van der Waals surface area (Å²) in [7, 11) is 0. The van der Waals surface area contributed by atoms with E-state index in [-0.39, 0.29) is 0 Å². The molecule has 0 bridgehead atoms. The van der Waals surface area contributed by atoms with E-state index in [1.54, 1.807) is 11.3 Å². The number of hydrogen-bond donors (Lipinski definition) is 0. The van der Waals surface area contributed by atoms with Crippen molar-refractivity contribution < 1.29 is 0 Å². The SMILES string of the molecule is Cc1sc(CCC#N)nc1-c1ccc(Br)cc1. The summed E-state index contributed by atoms with van der Waals surface area (Å²) in [5, 5.41) is 9.62. The quantitative estimate of drug-likeness (QED) is 0.846.